The molecule has 1 aromatic rings. The van der Waals surface area contributed by atoms with E-state index < -0.39 is 12.0 Å². The van der Waals surface area contributed by atoms with Gasteiger partial charge in [0.2, 0.25) is 6.79 Å². The smallest absolute Gasteiger partial charge is 0.328 e. The molecule has 6 heteroatoms. The Kier molecular flexibility index (Phi) is 4.67. The molecule has 0 unspecified atom stereocenters. The van der Waals surface area contributed by atoms with Crippen molar-refractivity contribution in [3.05, 3.63) is 23.8 Å². The highest BCUT2D eigenvalue weighted by molar-refractivity contribution is 5.97. The third-order valence-corrected chi connectivity index (χ3v) is 3.59. The van der Waals surface area contributed by atoms with Gasteiger partial charge in [-0.25, -0.2) is 4.79 Å². The topological polar surface area (TPSA) is 73.9 Å². The van der Waals surface area contributed by atoms with Crippen LogP contribution < -0.4 is 14.8 Å². The molecule has 1 aliphatic heterocycles. The molecule has 1 N–H and O–H groups in total. The number of carbonyl (C=O) groups excluding carboxylic acids is 2. The molecule has 2 atom stereocenters. The molecule has 1 aliphatic rings. The molecule has 1 aromatic carbocycles. The molecule has 0 aromatic heterocycles. The van der Waals surface area contributed by atoms with Gasteiger partial charge in [0.15, 0.2) is 11.5 Å². The minimum absolute atomic E-state index is 0.0181. The van der Waals surface area contributed by atoms with Gasteiger partial charge in [0.25, 0.3) is 5.91 Å². The summed E-state index contributed by atoms with van der Waals surface area (Å²) >= 11 is 0. The highest BCUT2D eigenvalue weighted by Crippen LogP contribution is 2.32. The van der Waals surface area contributed by atoms with E-state index in [2.05, 4.69) is 5.32 Å². The maximum absolute atomic E-state index is 12.3. The van der Waals surface area contributed by atoms with Crippen molar-refractivity contribution in [1.82, 2.24) is 5.32 Å². The number of hydrogen-bond acceptors (Lipinski definition) is 5. The van der Waals surface area contributed by atoms with E-state index in [4.69, 9.17) is 14.2 Å². The van der Waals surface area contributed by atoms with Crippen LogP contribution in [0, 0.1) is 5.92 Å². The number of methoxy groups -OCH3 is 1. The van der Waals surface area contributed by atoms with E-state index in [1.165, 1.54) is 7.11 Å². The van der Waals surface area contributed by atoms with Crippen LogP contribution in [0.5, 0.6) is 11.5 Å². The summed E-state index contributed by atoms with van der Waals surface area (Å²) < 4.78 is 15.2. The first-order valence-corrected chi connectivity index (χ1v) is 6.85. The van der Waals surface area contributed by atoms with Crippen LogP contribution in [0.4, 0.5) is 0 Å². The SMILES string of the molecule is CC[C@@H](C)[C@@H](NC(=O)c1ccc2c(c1)OCO2)C(=O)OC. The molecular formula is C15H19NO5. The second-order valence-corrected chi connectivity index (χ2v) is 4.93. The zero-order valence-electron chi connectivity index (χ0n) is 12.3. The van der Waals surface area contributed by atoms with Gasteiger partial charge in [-0.15, -0.1) is 0 Å². The van der Waals surface area contributed by atoms with Gasteiger partial charge in [-0.3, -0.25) is 4.79 Å². The normalized spacial score (nSPS) is 15.2. The van der Waals surface area contributed by atoms with Crippen LogP contribution in [0.25, 0.3) is 0 Å². The molecule has 0 fully saturated rings. The van der Waals surface area contributed by atoms with Crippen molar-refractivity contribution in [2.24, 2.45) is 5.92 Å². The van der Waals surface area contributed by atoms with Gasteiger partial charge < -0.3 is 19.5 Å². The average Bonchev–Trinajstić information content (AvgIpc) is 2.98. The van der Waals surface area contributed by atoms with Crippen molar-refractivity contribution in [2.45, 2.75) is 26.3 Å². The summed E-state index contributed by atoms with van der Waals surface area (Å²) in [6, 6.07) is 4.24. The fourth-order valence-corrected chi connectivity index (χ4v) is 2.06. The molecule has 0 radical (unpaired) electrons. The number of rotatable bonds is 5. The summed E-state index contributed by atoms with van der Waals surface area (Å²) in [4.78, 5) is 24.1. The third-order valence-electron chi connectivity index (χ3n) is 3.59. The van der Waals surface area contributed by atoms with Gasteiger partial charge in [0.05, 0.1) is 7.11 Å². The Morgan fingerprint density at radius 3 is 2.71 bits per heavy atom. The number of amides is 1. The zero-order valence-corrected chi connectivity index (χ0v) is 12.3. The van der Waals surface area contributed by atoms with E-state index in [0.717, 1.165) is 6.42 Å². The van der Waals surface area contributed by atoms with E-state index >= 15 is 0 Å². The maximum atomic E-state index is 12.3. The highest BCUT2D eigenvalue weighted by atomic mass is 16.7. The van der Waals surface area contributed by atoms with E-state index in [1.807, 2.05) is 13.8 Å². The predicted molar refractivity (Wildman–Crippen MR) is 75.3 cm³/mol. The van der Waals surface area contributed by atoms with E-state index in [0.29, 0.717) is 17.1 Å². The predicted octanol–water partition coefficient (Wildman–Crippen LogP) is 1.73. The molecule has 114 valence electrons. The molecular weight excluding hydrogens is 274 g/mol. The number of esters is 1. The number of hydrogen-bond donors (Lipinski definition) is 1. The summed E-state index contributed by atoms with van der Waals surface area (Å²) in [5.74, 6) is 0.330. The van der Waals surface area contributed by atoms with Crippen molar-refractivity contribution in [2.75, 3.05) is 13.9 Å². The van der Waals surface area contributed by atoms with Gasteiger partial charge in [-0.1, -0.05) is 20.3 Å². The number of ether oxygens (including phenoxy) is 3. The Balaban J connectivity index is 2.13. The fourth-order valence-electron chi connectivity index (χ4n) is 2.06. The maximum Gasteiger partial charge on any atom is 0.328 e. The Hall–Kier alpha value is -2.24. The third kappa shape index (κ3) is 3.26. The van der Waals surface area contributed by atoms with Crippen molar-refractivity contribution in [1.29, 1.82) is 0 Å². The van der Waals surface area contributed by atoms with Crippen LogP contribution >= 0.6 is 0 Å². The minimum atomic E-state index is -0.669. The Labute approximate surface area is 123 Å². The number of carbonyl (C=O) groups is 2. The fraction of sp³-hybridized carbons (Fsp3) is 0.467. The van der Waals surface area contributed by atoms with Crippen LogP contribution in [0.1, 0.15) is 30.6 Å². The highest BCUT2D eigenvalue weighted by Gasteiger charge is 2.27. The summed E-state index contributed by atoms with van der Waals surface area (Å²) in [5.41, 5.74) is 0.413. The average molecular weight is 293 g/mol. The number of benzene rings is 1. The first-order valence-electron chi connectivity index (χ1n) is 6.85. The Bertz CT molecular complexity index is 543. The van der Waals surface area contributed by atoms with Crippen LogP contribution in [0.15, 0.2) is 18.2 Å². The summed E-state index contributed by atoms with van der Waals surface area (Å²) in [6.07, 6.45) is 0.751. The van der Waals surface area contributed by atoms with E-state index in [9.17, 15) is 9.59 Å². The van der Waals surface area contributed by atoms with Crippen LogP contribution in [0.2, 0.25) is 0 Å². The van der Waals surface area contributed by atoms with Gasteiger partial charge in [0.1, 0.15) is 6.04 Å². The molecule has 0 saturated carbocycles. The second kappa shape index (κ2) is 6.47. The van der Waals surface area contributed by atoms with Gasteiger partial charge in [0, 0.05) is 5.56 Å². The van der Waals surface area contributed by atoms with Crippen LogP contribution in [0.3, 0.4) is 0 Å². The van der Waals surface area contributed by atoms with Crippen LogP contribution in [-0.2, 0) is 9.53 Å². The molecule has 21 heavy (non-hydrogen) atoms. The standard InChI is InChI=1S/C15H19NO5/c1-4-9(2)13(15(18)19-3)16-14(17)10-5-6-11-12(7-10)21-8-20-11/h5-7,9,13H,4,8H2,1-3H3,(H,16,17)/t9-,13-/m1/s1. The molecule has 0 spiro atoms. The van der Waals surface area contributed by atoms with Gasteiger partial charge in [-0.2, -0.15) is 0 Å². The lowest BCUT2D eigenvalue weighted by Crippen LogP contribution is -2.45. The number of nitrogens with one attached hydrogen (secondary N) is 1. The summed E-state index contributed by atoms with van der Waals surface area (Å²) in [7, 11) is 1.31. The Morgan fingerprint density at radius 2 is 2.05 bits per heavy atom. The van der Waals surface area contributed by atoms with Crippen molar-refractivity contribution < 1.29 is 23.8 Å². The molecule has 6 nitrogen and oxygen atoms in total. The molecule has 1 amide bonds. The first kappa shape index (κ1) is 15.2. The van der Waals surface area contributed by atoms with Gasteiger partial charge >= 0.3 is 5.97 Å². The summed E-state index contributed by atoms with van der Waals surface area (Å²) in [6.45, 7) is 3.99. The lowest BCUT2D eigenvalue weighted by molar-refractivity contribution is -0.144. The van der Waals surface area contributed by atoms with Crippen LogP contribution in [-0.4, -0.2) is 31.8 Å². The van der Waals surface area contributed by atoms with E-state index in [1.54, 1.807) is 18.2 Å². The molecule has 0 saturated heterocycles. The number of fused-ring (bicyclic) bond motifs is 1. The molecule has 1 heterocycles. The molecule has 0 aliphatic carbocycles. The molecule has 0 bridgehead atoms. The van der Waals surface area contributed by atoms with Crippen molar-refractivity contribution >= 4 is 11.9 Å². The quantitative estimate of drug-likeness (QED) is 0.837. The van der Waals surface area contributed by atoms with Crippen molar-refractivity contribution in [3.63, 3.8) is 0 Å². The van der Waals surface area contributed by atoms with E-state index in [-0.39, 0.29) is 18.6 Å². The lowest BCUT2D eigenvalue weighted by atomic mass is 9.99. The molecule has 2 rings (SSSR count). The first-order chi connectivity index (χ1) is 10.1. The lowest BCUT2D eigenvalue weighted by Gasteiger charge is -2.21. The second-order valence-electron chi connectivity index (χ2n) is 4.93. The van der Waals surface area contributed by atoms with Gasteiger partial charge in [-0.05, 0) is 24.1 Å². The summed E-state index contributed by atoms with van der Waals surface area (Å²) in [5, 5.41) is 2.72. The van der Waals surface area contributed by atoms with Crippen molar-refractivity contribution in [3.8, 4) is 11.5 Å². The largest absolute Gasteiger partial charge is 0.467 e. The Morgan fingerprint density at radius 1 is 1.33 bits per heavy atom. The minimum Gasteiger partial charge on any atom is -0.467 e. The monoisotopic (exact) mass is 293 g/mol. The zero-order chi connectivity index (χ0) is 15.4.